The predicted molar refractivity (Wildman–Crippen MR) is 37.8 cm³/mol. The van der Waals surface area contributed by atoms with E-state index < -0.39 is 0 Å². The third-order valence-electron chi connectivity index (χ3n) is 1.20. The van der Waals surface area contributed by atoms with Gasteiger partial charge in [-0.2, -0.15) is 5.11 Å². The van der Waals surface area contributed by atoms with Gasteiger partial charge in [-0.05, 0) is 24.3 Å². The average molecular weight is 136 g/mol. The maximum Gasteiger partial charge on any atom is 0.119 e. The molecule has 0 radical (unpaired) electrons. The summed E-state index contributed by atoms with van der Waals surface area (Å²) in [5, 5.41) is 3.24. The molecule has 0 aliphatic rings. The molecule has 0 saturated carbocycles. The Morgan fingerprint density at radius 2 is 1.90 bits per heavy atom. The van der Waals surface area contributed by atoms with Crippen molar-refractivity contribution in [3.63, 3.8) is 0 Å². The molecule has 3 nitrogen and oxygen atoms in total. The highest BCUT2D eigenvalue weighted by Crippen LogP contribution is 2.16. The molecule has 0 unspecified atom stereocenters. The SMILES string of the molecule is COc1ccc(N=N)cc1. The molecule has 0 saturated heterocycles. The summed E-state index contributed by atoms with van der Waals surface area (Å²) in [5.41, 5.74) is 7.30. The summed E-state index contributed by atoms with van der Waals surface area (Å²) < 4.78 is 4.91. The van der Waals surface area contributed by atoms with Crippen molar-refractivity contribution in [1.29, 1.82) is 5.53 Å². The van der Waals surface area contributed by atoms with Crippen LogP contribution in [0.2, 0.25) is 0 Å². The molecule has 0 aliphatic carbocycles. The summed E-state index contributed by atoms with van der Waals surface area (Å²) in [5.74, 6) is 0.785. The first-order chi connectivity index (χ1) is 4.86. The first-order valence-corrected chi connectivity index (χ1v) is 2.88. The summed E-state index contributed by atoms with van der Waals surface area (Å²) in [7, 11) is 1.60. The number of hydrogen-bond acceptors (Lipinski definition) is 3. The van der Waals surface area contributed by atoms with Gasteiger partial charge in [-0.1, -0.05) is 0 Å². The Kier molecular flexibility index (Phi) is 1.99. The predicted octanol–water partition coefficient (Wildman–Crippen LogP) is 2.36. The molecule has 52 valence electrons. The van der Waals surface area contributed by atoms with E-state index in [1.54, 1.807) is 31.4 Å². The van der Waals surface area contributed by atoms with Crippen LogP contribution >= 0.6 is 0 Å². The Morgan fingerprint density at radius 3 is 2.30 bits per heavy atom. The minimum absolute atomic E-state index is 0.640. The van der Waals surface area contributed by atoms with E-state index in [1.165, 1.54) is 0 Å². The lowest BCUT2D eigenvalue weighted by Crippen LogP contribution is -1.79. The molecular weight excluding hydrogens is 128 g/mol. The second kappa shape index (κ2) is 2.96. The zero-order valence-corrected chi connectivity index (χ0v) is 5.66. The van der Waals surface area contributed by atoms with E-state index in [0.717, 1.165) is 5.75 Å². The van der Waals surface area contributed by atoms with Gasteiger partial charge in [0.25, 0.3) is 0 Å². The molecular formula is C7H8N2O. The van der Waals surface area contributed by atoms with Gasteiger partial charge < -0.3 is 4.74 Å². The van der Waals surface area contributed by atoms with Crippen LogP contribution in [0.15, 0.2) is 29.4 Å². The van der Waals surface area contributed by atoms with E-state index in [-0.39, 0.29) is 0 Å². The van der Waals surface area contributed by atoms with E-state index in [9.17, 15) is 0 Å². The van der Waals surface area contributed by atoms with Crippen molar-refractivity contribution < 1.29 is 4.74 Å². The topological polar surface area (TPSA) is 45.4 Å². The molecule has 1 aromatic carbocycles. The van der Waals surface area contributed by atoms with E-state index in [0.29, 0.717) is 5.69 Å². The lowest BCUT2D eigenvalue weighted by molar-refractivity contribution is 0.415. The highest BCUT2D eigenvalue weighted by atomic mass is 16.5. The molecule has 0 atom stereocenters. The molecule has 0 aromatic heterocycles. The minimum Gasteiger partial charge on any atom is -0.497 e. The smallest absolute Gasteiger partial charge is 0.119 e. The normalized spacial score (nSPS) is 8.90. The van der Waals surface area contributed by atoms with Crippen LogP contribution < -0.4 is 4.74 Å². The number of rotatable bonds is 2. The van der Waals surface area contributed by atoms with Crippen molar-refractivity contribution in [2.45, 2.75) is 0 Å². The Morgan fingerprint density at radius 1 is 1.30 bits per heavy atom. The van der Waals surface area contributed by atoms with E-state index in [2.05, 4.69) is 5.11 Å². The van der Waals surface area contributed by atoms with Crippen molar-refractivity contribution in [3.8, 4) is 5.75 Å². The van der Waals surface area contributed by atoms with Crippen molar-refractivity contribution in [2.75, 3.05) is 7.11 Å². The summed E-state index contributed by atoms with van der Waals surface area (Å²) in [6.07, 6.45) is 0. The lowest BCUT2D eigenvalue weighted by atomic mass is 10.3. The van der Waals surface area contributed by atoms with E-state index in [1.807, 2.05) is 0 Å². The van der Waals surface area contributed by atoms with Crippen molar-refractivity contribution in [1.82, 2.24) is 0 Å². The first kappa shape index (κ1) is 6.74. The Labute approximate surface area is 59.1 Å². The molecule has 0 aliphatic heterocycles. The van der Waals surface area contributed by atoms with Crippen molar-refractivity contribution >= 4 is 5.69 Å². The number of benzene rings is 1. The van der Waals surface area contributed by atoms with Crippen LogP contribution in [0, 0.1) is 5.53 Å². The number of ether oxygens (including phenoxy) is 1. The standard InChI is InChI=1S/C7H8N2O/c1-10-7-4-2-6(9-8)3-5-7/h2-5,8H,1H3. The fourth-order valence-electron chi connectivity index (χ4n) is 0.657. The van der Waals surface area contributed by atoms with Crippen LogP contribution in [0.4, 0.5) is 5.69 Å². The Hall–Kier alpha value is -1.38. The molecule has 1 N–H and O–H groups in total. The third-order valence-corrected chi connectivity index (χ3v) is 1.20. The second-order valence-corrected chi connectivity index (χ2v) is 1.81. The Bertz CT molecular complexity index is 218. The molecule has 0 heterocycles. The number of nitrogens with zero attached hydrogens (tertiary/aromatic N) is 1. The number of methoxy groups -OCH3 is 1. The maximum absolute atomic E-state index is 6.66. The highest BCUT2D eigenvalue weighted by Gasteiger charge is 1.89. The van der Waals surface area contributed by atoms with Crippen LogP contribution in [-0.4, -0.2) is 7.11 Å². The van der Waals surface area contributed by atoms with Crippen molar-refractivity contribution in [2.24, 2.45) is 5.11 Å². The molecule has 10 heavy (non-hydrogen) atoms. The largest absolute Gasteiger partial charge is 0.497 e. The van der Waals surface area contributed by atoms with E-state index in [4.69, 9.17) is 10.3 Å². The monoisotopic (exact) mass is 136 g/mol. The minimum atomic E-state index is 0.640. The first-order valence-electron chi connectivity index (χ1n) is 2.88. The second-order valence-electron chi connectivity index (χ2n) is 1.81. The average Bonchev–Trinajstić information content (AvgIpc) is 2.05. The summed E-state index contributed by atoms with van der Waals surface area (Å²) >= 11 is 0. The van der Waals surface area contributed by atoms with Crippen LogP contribution in [0.3, 0.4) is 0 Å². The quantitative estimate of drug-likeness (QED) is 0.623. The molecule has 0 spiro atoms. The fraction of sp³-hybridized carbons (Fsp3) is 0.143. The van der Waals surface area contributed by atoms with Gasteiger partial charge in [-0.15, -0.1) is 0 Å². The zero-order chi connectivity index (χ0) is 7.40. The van der Waals surface area contributed by atoms with Gasteiger partial charge in [-0.3, -0.25) is 0 Å². The molecule has 3 heteroatoms. The zero-order valence-electron chi connectivity index (χ0n) is 5.66. The van der Waals surface area contributed by atoms with Gasteiger partial charge in [0.05, 0.1) is 12.8 Å². The van der Waals surface area contributed by atoms with Crippen molar-refractivity contribution in [3.05, 3.63) is 24.3 Å². The summed E-state index contributed by atoms with van der Waals surface area (Å²) in [6, 6.07) is 7.00. The number of hydrogen-bond donors (Lipinski definition) is 1. The van der Waals surface area contributed by atoms with Crippen LogP contribution in [0.1, 0.15) is 0 Å². The highest BCUT2D eigenvalue weighted by molar-refractivity contribution is 5.40. The molecule has 0 bridgehead atoms. The van der Waals surface area contributed by atoms with Gasteiger partial charge in [0.2, 0.25) is 0 Å². The molecule has 1 rings (SSSR count). The lowest BCUT2D eigenvalue weighted by Gasteiger charge is -1.96. The van der Waals surface area contributed by atoms with Gasteiger partial charge in [0, 0.05) is 0 Å². The van der Waals surface area contributed by atoms with Gasteiger partial charge >= 0.3 is 0 Å². The van der Waals surface area contributed by atoms with Gasteiger partial charge in [0.15, 0.2) is 0 Å². The van der Waals surface area contributed by atoms with E-state index >= 15 is 0 Å². The van der Waals surface area contributed by atoms with Crippen LogP contribution in [-0.2, 0) is 0 Å². The molecule has 0 fully saturated rings. The molecule has 1 aromatic rings. The van der Waals surface area contributed by atoms with Gasteiger partial charge in [-0.25, -0.2) is 5.53 Å². The summed E-state index contributed by atoms with van der Waals surface area (Å²) in [6.45, 7) is 0. The maximum atomic E-state index is 6.66. The summed E-state index contributed by atoms with van der Waals surface area (Å²) in [4.78, 5) is 0. The molecule has 0 amide bonds. The van der Waals surface area contributed by atoms with Crippen LogP contribution in [0.25, 0.3) is 0 Å². The third kappa shape index (κ3) is 1.31. The Balaban J connectivity index is 2.90. The number of nitrogens with one attached hydrogen (secondary N) is 1. The fourth-order valence-corrected chi connectivity index (χ4v) is 0.657. The van der Waals surface area contributed by atoms with Gasteiger partial charge in [0.1, 0.15) is 5.75 Å². The van der Waals surface area contributed by atoms with Crippen LogP contribution in [0.5, 0.6) is 5.75 Å².